The highest BCUT2D eigenvalue weighted by Crippen LogP contribution is 2.18. The van der Waals surface area contributed by atoms with Crippen molar-refractivity contribution in [3.05, 3.63) is 16.5 Å². The lowest BCUT2D eigenvalue weighted by Gasteiger charge is -2.07. The molecule has 0 radical (unpaired) electrons. The van der Waals surface area contributed by atoms with Crippen LogP contribution in [0.25, 0.3) is 0 Å². The Morgan fingerprint density at radius 2 is 2.27 bits per heavy atom. The van der Waals surface area contributed by atoms with Crippen molar-refractivity contribution in [2.75, 3.05) is 18.5 Å². The summed E-state index contributed by atoms with van der Waals surface area (Å²) in [6.07, 6.45) is 2.82. The Morgan fingerprint density at radius 3 is 2.93 bits per heavy atom. The van der Waals surface area contributed by atoms with Gasteiger partial charge in [0, 0.05) is 19.3 Å². The van der Waals surface area contributed by atoms with E-state index < -0.39 is 0 Å². The monoisotopic (exact) mass is 273 g/mol. The fourth-order valence-corrected chi connectivity index (χ4v) is 1.37. The van der Waals surface area contributed by atoms with Gasteiger partial charge in [-0.05, 0) is 29.3 Å². The SMILES string of the molecule is CCCNc1nc(COCC)ncc1Br. The number of anilines is 1. The van der Waals surface area contributed by atoms with E-state index in [9.17, 15) is 0 Å². The predicted molar refractivity (Wildman–Crippen MR) is 63.8 cm³/mol. The summed E-state index contributed by atoms with van der Waals surface area (Å²) < 4.78 is 6.14. The van der Waals surface area contributed by atoms with Crippen LogP contribution in [-0.4, -0.2) is 23.1 Å². The summed E-state index contributed by atoms with van der Waals surface area (Å²) in [5, 5.41) is 3.23. The average Bonchev–Trinajstić information content (AvgIpc) is 2.26. The van der Waals surface area contributed by atoms with Crippen LogP contribution in [0.1, 0.15) is 26.1 Å². The van der Waals surface area contributed by atoms with Gasteiger partial charge in [0.25, 0.3) is 0 Å². The smallest absolute Gasteiger partial charge is 0.156 e. The second-order valence-electron chi connectivity index (χ2n) is 3.05. The third kappa shape index (κ3) is 4.13. The second kappa shape index (κ2) is 6.74. The zero-order chi connectivity index (χ0) is 11.1. The van der Waals surface area contributed by atoms with Crippen molar-refractivity contribution < 1.29 is 4.74 Å². The van der Waals surface area contributed by atoms with Gasteiger partial charge >= 0.3 is 0 Å². The molecule has 0 atom stereocenters. The number of ether oxygens (including phenoxy) is 1. The molecule has 4 nitrogen and oxygen atoms in total. The summed E-state index contributed by atoms with van der Waals surface area (Å²) in [4.78, 5) is 8.51. The van der Waals surface area contributed by atoms with Gasteiger partial charge in [0.1, 0.15) is 12.4 Å². The summed E-state index contributed by atoms with van der Waals surface area (Å²) in [7, 11) is 0. The Labute approximate surface area is 98.6 Å². The number of hydrogen-bond acceptors (Lipinski definition) is 4. The lowest BCUT2D eigenvalue weighted by Crippen LogP contribution is -2.06. The molecule has 5 heteroatoms. The number of hydrogen-bond donors (Lipinski definition) is 1. The first kappa shape index (κ1) is 12.4. The maximum Gasteiger partial charge on any atom is 0.156 e. The largest absolute Gasteiger partial charge is 0.374 e. The summed E-state index contributed by atoms with van der Waals surface area (Å²) >= 11 is 3.40. The zero-order valence-electron chi connectivity index (χ0n) is 9.09. The number of halogens is 1. The fraction of sp³-hybridized carbons (Fsp3) is 0.600. The highest BCUT2D eigenvalue weighted by atomic mass is 79.9. The Hall–Kier alpha value is -0.680. The average molecular weight is 274 g/mol. The number of aromatic nitrogens is 2. The van der Waals surface area contributed by atoms with Crippen LogP contribution in [-0.2, 0) is 11.3 Å². The van der Waals surface area contributed by atoms with Gasteiger partial charge in [-0.3, -0.25) is 0 Å². The molecule has 0 aliphatic heterocycles. The Bertz CT molecular complexity index is 307. The normalized spacial score (nSPS) is 10.3. The summed E-state index contributed by atoms with van der Waals surface area (Å²) in [5.74, 6) is 1.54. The van der Waals surface area contributed by atoms with E-state index in [0.717, 1.165) is 23.3 Å². The molecule has 0 aliphatic carbocycles. The molecule has 0 fully saturated rings. The lowest BCUT2D eigenvalue weighted by molar-refractivity contribution is 0.128. The molecule has 1 aromatic heterocycles. The van der Waals surface area contributed by atoms with Gasteiger partial charge in [0.15, 0.2) is 5.82 Å². The fourth-order valence-electron chi connectivity index (χ4n) is 1.03. The number of nitrogens with zero attached hydrogens (tertiary/aromatic N) is 2. The van der Waals surface area contributed by atoms with E-state index in [0.29, 0.717) is 19.0 Å². The van der Waals surface area contributed by atoms with Gasteiger partial charge < -0.3 is 10.1 Å². The molecule has 0 bridgehead atoms. The first-order chi connectivity index (χ1) is 7.27. The van der Waals surface area contributed by atoms with E-state index >= 15 is 0 Å². The van der Waals surface area contributed by atoms with E-state index in [-0.39, 0.29) is 0 Å². The molecular weight excluding hydrogens is 258 g/mol. The van der Waals surface area contributed by atoms with Gasteiger partial charge in [-0.15, -0.1) is 0 Å². The van der Waals surface area contributed by atoms with Gasteiger partial charge in [-0.1, -0.05) is 6.92 Å². The molecule has 0 amide bonds. The lowest BCUT2D eigenvalue weighted by atomic mass is 10.4. The molecule has 1 N–H and O–H groups in total. The van der Waals surface area contributed by atoms with Gasteiger partial charge in [-0.25, -0.2) is 9.97 Å². The Kier molecular flexibility index (Phi) is 5.57. The van der Waals surface area contributed by atoms with E-state index in [4.69, 9.17) is 4.74 Å². The highest BCUT2D eigenvalue weighted by molar-refractivity contribution is 9.10. The van der Waals surface area contributed by atoms with Crippen LogP contribution in [0, 0.1) is 0 Å². The molecule has 15 heavy (non-hydrogen) atoms. The molecule has 0 spiro atoms. The minimum absolute atomic E-state index is 0.463. The van der Waals surface area contributed by atoms with E-state index in [1.54, 1.807) is 6.20 Å². The third-order valence-corrected chi connectivity index (χ3v) is 2.35. The van der Waals surface area contributed by atoms with Crippen LogP contribution in [0.3, 0.4) is 0 Å². The van der Waals surface area contributed by atoms with E-state index in [1.165, 1.54) is 0 Å². The van der Waals surface area contributed by atoms with Crippen LogP contribution in [0.4, 0.5) is 5.82 Å². The van der Waals surface area contributed by atoms with Crippen molar-refractivity contribution in [2.24, 2.45) is 0 Å². The van der Waals surface area contributed by atoms with Gasteiger partial charge in [0.2, 0.25) is 0 Å². The highest BCUT2D eigenvalue weighted by Gasteiger charge is 2.03. The molecule has 0 saturated carbocycles. The predicted octanol–water partition coefficient (Wildman–Crippen LogP) is 2.60. The summed E-state index contributed by atoms with van der Waals surface area (Å²) in [6.45, 7) is 6.11. The Balaban J connectivity index is 2.66. The zero-order valence-corrected chi connectivity index (χ0v) is 10.7. The number of nitrogens with one attached hydrogen (secondary N) is 1. The molecule has 84 valence electrons. The molecule has 1 heterocycles. The maximum atomic E-state index is 5.25. The minimum Gasteiger partial charge on any atom is -0.374 e. The topological polar surface area (TPSA) is 47.0 Å². The van der Waals surface area contributed by atoms with Gasteiger partial charge in [0.05, 0.1) is 4.47 Å². The van der Waals surface area contributed by atoms with Crippen molar-refractivity contribution in [3.63, 3.8) is 0 Å². The van der Waals surface area contributed by atoms with Crippen molar-refractivity contribution in [1.82, 2.24) is 9.97 Å². The van der Waals surface area contributed by atoms with Crippen LogP contribution < -0.4 is 5.32 Å². The molecule has 0 saturated heterocycles. The van der Waals surface area contributed by atoms with Crippen molar-refractivity contribution in [2.45, 2.75) is 26.9 Å². The van der Waals surface area contributed by atoms with Gasteiger partial charge in [-0.2, -0.15) is 0 Å². The molecule has 0 aromatic carbocycles. The standard InChI is InChI=1S/C10H16BrN3O/c1-3-5-12-10-8(11)6-13-9(14-10)7-15-4-2/h6H,3-5,7H2,1-2H3,(H,12,13,14). The van der Waals surface area contributed by atoms with Crippen LogP contribution >= 0.6 is 15.9 Å². The van der Waals surface area contributed by atoms with E-state index in [1.807, 2.05) is 6.92 Å². The van der Waals surface area contributed by atoms with Crippen LogP contribution in [0.15, 0.2) is 10.7 Å². The third-order valence-electron chi connectivity index (χ3n) is 1.77. The van der Waals surface area contributed by atoms with Crippen molar-refractivity contribution in [1.29, 1.82) is 0 Å². The molecular formula is C10H16BrN3O. The van der Waals surface area contributed by atoms with Crippen LogP contribution in [0.5, 0.6) is 0 Å². The molecule has 1 rings (SSSR count). The van der Waals surface area contributed by atoms with Crippen LogP contribution in [0.2, 0.25) is 0 Å². The van der Waals surface area contributed by atoms with Crippen molar-refractivity contribution in [3.8, 4) is 0 Å². The first-order valence-electron chi connectivity index (χ1n) is 5.11. The maximum absolute atomic E-state index is 5.25. The summed E-state index contributed by atoms with van der Waals surface area (Å²) in [5.41, 5.74) is 0. The second-order valence-corrected chi connectivity index (χ2v) is 3.90. The molecule has 0 aliphatic rings. The summed E-state index contributed by atoms with van der Waals surface area (Å²) in [6, 6.07) is 0. The van der Waals surface area contributed by atoms with Crippen molar-refractivity contribution >= 4 is 21.7 Å². The minimum atomic E-state index is 0.463. The first-order valence-corrected chi connectivity index (χ1v) is 5.90. The Morgan fingerprint density at radius 1 is 1.47 bits per heavy atom. The molecule has 1 aromatic rings. The quantitative estimate of drug-likeness (QED) is 0.866. The molecule has 0 unspecified atom stereocenters. The van der Waals surface area contributed by atoms with E-state index in [2.05, 4.69) is 38.1 Å². The number of rotatable bonds is 6.